The molecule has 1 unspecified atom stereocenters. The number of nitrogens with one attached hydrogen (secondary N) is 1. The monoisotopic (exact) mass is 210 g/mol. The molecule has 0 radical (unpaired) electrons. The average molecular weight is 210 g/mol. The molecule has 2 fully saturated rings. The highest BCUT2D eigenvalue weighted by atomic mass is 15.1. The number of rotatable bonds is 7. The third-order valence-corrected chi connectivity index (χ3v) is 3.75. The van der Waals surface area contributed by atoms with Crippen molar-refractivity contribution in [1.82, 2.24) is 10.2 Å². The van der Waals surface area contributed by atoms with Crippen LogP contribution in [0.25, 0.3) is 0 Å². The maximum Gasteiger partial charge on any atom is 0.0126 e. The summed E-state index contributed by atoms with van der Waals surface area (Å²) in [5, 5.41) is 3.87. The summed E-state index contributed by atoms with van der Waals surface area (Å²) in [4.78, 5) is 2.28. The normalized spacial score (nSPS) is 23.8. The molecule has 0 saturated heterocycles. The van der Waals surface area contributed by atoms with Gasteiger partial charge >= 0.3 is 0 Å². The molecule has 2 aliphatic carbocycles. The Morgan fingerprint density at radius 3 is 2.07 bits per heavy atom. The lowest BCUT2D eigenvalue weighted by atomic mass is 10.1. The van der Waals surface area contributed by atoms with Crippen LogP contribution in [-0.4, -0.2) is 37.6 Å². The maximum absolute atomic E-state index is 3.87. The van der Waals surface area contributed by atoms with Crippen LogP contribution < -0.4 is 5.32 Å². The predicted molar refractivity (Wildman–Crippen MR) is 65.0 cm³/mol. The summed E-state index contributed by atoms with van der Waals surface area (Å²) in [5.74, 6) is 2.05. The fourth-order valence-electron chi connectivity index (χ4n) is 2.43. The van der Waals surface area contributed by atoms with E-state index in [9.17, 15) is 0 Å². The Kier molecular flexibility index (Phi) is 3.68. The zero-order valence-corrected chi connectivity index (χ0v) is 10.5. The van der Waals surface area contributed by atoms with E-state index in [1.807, 2.05) is 0 Å². The van der Waals surface area contributed by atoms with E-state index in [0.717, 1.165) is 17.9 Å². The topological polar surface area (TPSA) is 15.3 Å². The number of hydrogen-bond acceptors (Lipinski definition) is 2. The SMILES string of the molecule is CC(CCN(C)C)NC(C1CC1)C1CC1. The van der Waals surface area contributed by atoms with Crippen molar-refractivity contribution in [2.75, 3.05) is 20.6 Å². The van der Waals surface area contributed by atoms with Gasteiger partial charge in [0.1, 0.15) is 0 Å². The highest BCUT2D eigenvalue weighted by Gasteiger charge is 2.41. The molecule has 0 heterocycles. The van der Waals surface area contributed by atoms with Crippen molar-refractivity contribution in [3.8, 4) is 0 Å². The van der Waals surface area contributed by atoms with Crippen molar-refractivity contribution in [3.63, 3.8) is 0 Å². The Hall–Kier alpha value is -0.0800. The maximum atomic E-state index is 3.87. The van der Waals surface area contributed by atoms with Crippen LogP contribution in [0.4, 0.5) is 0 Å². The quantitative estimate of drug-likeness (QED) is 0.692. The van der Waals surface area contributed by atoms with Crippen molar-refractivity contribution in [2.45, 2.75) is 51.1 Å². The van der Waals surface area contributed by atoms with Crippen molar-refractivity contribution < 1.29 is 0 Å². The van der Waals surface area contributed by atoms with Crippen LogP contribution in [0.5, 0.6) is 0 Å². The van der Waals surface area contributed by atoms with Gasteiger partial charge in [-0.3, -0.25) is 0 Å². The minimum absolute atomic E-state index is 0.693. The van der Waals surface area contributed by atoms with E-state index in [-0.39, 0.29) is 0 Å². The summed E-state index contributed by atoms with van der Waals surface area (Å²) < 4.78 is 0. The van der Waals surface area contributed by atoms with Crippen LogP contribution in [0.2, 0.25) is 0 Å². The molecule has 1 N–H and O–H groups in total. The fourth-order valence-corrected chi connectivity index (χ4v) is 2.43. The first-order valence-corrected chi connectivity index (χ1v) is 6.57. The van der Waals surface area contributed by atoms with Gasteiger partial charge in [-0.1, -0.05) is 0 Å². The summed E-state index contributed by atoms with van der Waals surface area (Å²) in [6, 6.07) is 1.56. The van der Waals surface area contributed by atoms with Crippen molar-refractivity contribution in [3.05, 3.63) is 0 Å². The second kappa shape index (κ2) is 4.84. The Balaban J connectivity index is 1.68. The van der Waals surface area contributed by atoms with E-state index in [4.69, 9.17) is 0 Å². The molecule has 1 atom stereocenters. The van der Waals surface area contributed by atoms with E-state index >= 15 is 0 Å². The Bertz CT molecular complexity index is 183. The lowest BCUT2D eigenvalue weighted by Crippen LogP contribution is -2.40. The zero-order valence-electron chi connectivity index (χ0n) is 10.5. The molecule has 88 valence electrons. The molecular weight excluding hydrogens is 184 g/mol. The van der Waals surface area contributed by atoms with Gasteiger partial charge in [-0.15, -0.1) is 0 Å². The third-order valence-electron chi connectivity index (χ3n) is 3.75. The molecule has 15 heavy (non-hydrogen) atoms. The summed E-state index contributed by atoms with van der Waals surface area (Å²) in [7, 11) is 4.32. The second-order valence-corrected chi connectivity index (χ2v) is 5.86. The molecule has 2 saturated carbocycles. The Labute approximate surface area is 94.4 Å². The fraction of sp³-hybridized carbons (Fsp3) is 1.00. The smallest absolute Gasteiger partial charge is 0.0126 e. The van der Waals surface area contributed by atoms with Gasteiger partial charge in [0.05, 0.1) is 0 Å². The third kappa shape index (κ3) is 3.76. The Morgan fingerprint density at radius 2 is 1.67 bits per heavy atom. The summed E-state index contributed by atoms with van der Waals surface area (Å²) in [6.45, 7) is 3.55. The van der Waals surface area contributed by atoms with Gasteiger partial charge in [0.25, 0.3) is 0 Å². The first kappa shape index (κ1) is 11.4. The van der Waals surface area contributed by atoms with E-state index in [1.54, 1.807) is 0 Å². The van der Waals surface area contributed by atoms with Crippen molar-refractivity contribution in [2.24, 2.45) is 11.8 Å². The van der Waals surface area contributed by atoms with Crippen molar-refractivity contribution >= 4 is 0 Å². The highest BCUT2D eigenvalue weighted by Crippen LogP contribution is 2.44. The van der Waals surface area contributed by atoms with Gasteiger partial charge in [-0.05, 0) is 71.5 Å². The zero-order chi connectivity index (χ0) is 10.8. The summed E-state index contributed by atoms with van der Waals surface area (Å²) in [6.07, 6.45) is 7.20. The molecule has 2 heteroatoms. The predicted octanol–water partition coefficient (Wildman–Crippen LogP) is 2.10. The van der Waals surface area contributed by atoms with E-state index in [1.165, 1.54) is 38.6 Å². The van der Waals surface area contributed by atoms with Gasteiger partial charge in [0.2, 0.25) is 0 Å². The first-order chi connectivity index (χ1) is 7.16. The van der Waals surface area contributed by atoms with Crippen LogP contribution in [0.3, 0.4) is 0 Å². The van der Waals surface area contributed by atoms with Crippen molar-refractivity contribution in [1.29, 1.82) is 0 Å². The van der Waals surface area contributed by atoms with E-state index in [0.29, 0.717) is 6.04 Å². The van der Waals surface area contributed by atoms with Crippen LogP contribution in [0.15, 0.2) is 0 Å². The lowest BCUT2D eigenvalue weighted by Gasteiger charge is -2.24. The van der Waals surface area contributed by atoms with Gasteiger partial charge in [-0.2, -0.15) is 0 Å². The van der Waals surface area contributed by atoms with Gasteiger partial charge in [-0.25, -0.2) is 0 Å². The minimum Gasteiger partial charge on any atom is -0.311 e. The largest absolute Gasteiger partial charge is 0.311 e. The van der Waals surface area contributed by atoms with E-state index < -0.39 is 0 Å². The lowest BCUT2D eigenvalue weighted by molar-refractivity contribution is 0.322. The Morgan fingerprint density at radius 1 is 1.13 bits per heavy atom. The highest BCUT2D eigenvalue weighted by molar-refractivity contribution is 4.97. The van der Waals surface area contributed by atoms with Gasteiger partial charge in [0, 0.05) is 12.1 Å². The standard InChI is InChI=1S/C13H26N2/c1-10(8-9-15(2)3)14-13(11-4-5-11)12-6-7-12/h10-14H,4-9H2,1-3H3. The molecule has 0 aromatic heterocycles. The van der Waals surface area contributed by atoms with Crippen LogP contribution in [-0.2, 0) is 0 Å². The molecule has 2 rings (SSSR count). The molecule has 0 aromatic rings. The summed E-state index contributed by atoms with van der Waals surface area (Å²) >= 11 is 0. The molecule has 2 nitrogen and oxygen atoms in total. The molecule has 0 amide bonds. The van der Waals surface area contributed by atoms with Crippen LogP contribution >= 0.6 is 0 Å². The summed E-state index contributed by atoms with van der Waals surface area (Å²) in [5.41, 5.74) is 0. The van der Waals surface area contributed by atoms with Gasteiger partial charge < -0.3 is 10.2 Å². The molecular formula is C13H26N2. The molecule has 0 bridgehead atoms. The molecule has 2 aliphatic rings. The van der Waals surface area contributed by atoms with Crippen LogP contribution in [0.1, 0.15) is 39.0 Å². The molecule has 0 spiro atoms. The molecule has 0 aliphatic heterocycles. The van der Waals surface area contributed by atoms with E-state index in [2.05, 4.69) is 31.2 Å². The number of nitrogens with zero attached hydrogens (tertiary/aromatic N) is 1. The minimum atomic E-state index is 0.693. The van der Waals surface area contributed by atoms with Crippen LogP contribution in [0, 0.1) is 11.8 Å². The average Bonchev–Trinajstić information content (AvgIpc) is 3.02. The second-order valence-electron chi connectivity index (χ2n) is 5.86. The number of hydrogen-bond donors (Lipinski definition) is 1. The van der Waals surface area contributed by atoms with Gasteiger partial charge in [0.15, 0.2) is 0 Å². The first-order valence-electron chi connectivity index (χ1n) is 6.57. The molecule has 0 aromatic carbocycles.